The molecule has 0 unspecified atom stereocenters. The van der Waals surface area contributed by atoms with Crippen LogP contribution >= 0.6 is 0 Å². The van der Waals surface area contributed by atoms with Gasteiger partial charge in [0.05, 0.1) is 12.2 Å². The quantitative estimate of drug-likeness (QED) is 0.406. The van der Waals surface area contributed by atoms with Crippen LogP contribution < -0.4 is 0 Å². The zero-order valence-corrected chi connectivity index (χ0v) is 18.3. The van der Waals surface area contributed by atoms with Crippen molar-refractivity contribution >= 4 is 0 Å². The largest absolute Gasteiger partial charge is 0.353 e. The van der Waals surface area contributed by atoms with Gasteiger partial charge in [0.25, 0.3) is 0 Å². The van der Waals surface area contributed by atoms with Gasteiger partial charge >= 0.3 is 0 Å². The zero-order valence-electron chi connectivity index (χ0n) is 18.3. The van der Waals surface area contributed by atoms with Gasteiger partial charge in [0.2, 0.25) is 0 Å². The molecule has 29 heavy (non-hydrogen) atoms. The van der Waals surface area contributed by atoms with E-state index in [0.29, 0.717) is 11.5 Å². The monoisotopic (exact) mass is 395 g/mol. The Labute approximate surface area is 176 Å². The molecule has 5 rings (SSSR count). The van der Waals surface area contributed by atoms with Crippen molar-refractivity contribution in [3.63, 3.8) is 0 Å². The summed E-state index contributed by atoms with van der Waals surface area (Å²) in [5.74, 6) is 2.38. The van der Waals surface area contributed by atoms with Crippen molar-refractivity contribution in [3.05, 3.63) is 23.3 Å². The first-order chi connectivity index (χ1) is 14.0. The molecule has 5 aliphatic rings. The molecule has 3 nitrogen and oxygen atoms in total. The first-order valence-corrected chi connectivity index (χ1v) is 12.1. The van der Waals surface area contributed by atoms with Crippen molar-refractivity contribution in [3.8, 4) is 6.07 Å². The topological polar surface area (TPSA) is 42.2 Å². The van der Waals surface area contributed by atoms with Crippen LogP contribution in [0.1, 0.15) is 84.5 Å². The van der Waals surface area contributed by atoms with Crippen molar-refractivity contribution in [1.82, 2.24) is 0 Å². The smallest absolute Gasteiger partial charge is 0.157 e. The van der Waals surface area contributed by atoms with Crippen LogP contribution in [0.15, 0.2) is 23.3 Å². The molecule has 0 amide bonds. The van der Waals surface area contributed by atoms with E-state index in [-0.39, 0.29) is 11.7 Å². The lowest BCUT2D eigenvalue weighted by molar-refractivity contribution is -0.195. The third-order valence-electron chi connectivity index (χ3n) is 9.63. The Balaban J connectivity index is 1.33. The fourth-order valence-corrected chi connectivity index (χ4v) is 7.94. The highest BCUT2D eigenvalue weighted by atomic mass is 16.7. The van der Waals surface area contributed by atoms with Crippen LogP contribution in [-0.4, -0.2) is 19.0 Å². The highest BCUT2D eigenvalue weighted by Crippen LogP contribution is 2.66. The Kier molecular flexibility index (Phi) is 5.16. The fourth-order valence-electron chi connectivity index (χ4n) is 7.94. The lowest BCUT2D eigenvalue weighted by Crippen LogP contribution is -2.50. The maximum atomic E-state index is 9.24. The molecule has 0 spiro atoms. The Bertz CT molecular complexity index is 742. The first kappa shape index (κ1) is 19.8. The van der Waals surface area contributed by atoms with Crippen LogP contribution in [0.4, 0.5) is 0 Å². The lowest BCUT2D eigenvalue weighted by atomic mass is 9.48. The van der Waals surface area contributed by atoms with Gasteiger partial charge in [0, 0.05) is 12.7 Å². The zero-order chi connectivity index (χ0) is 20.1. The summed E-state index contributed by atoms with van der Waals surface area (Å²) in [5, 5.41) is 9.24. The van der Waals surface area contributed by atoms with Crippen LogP contribution in [0, 0.1) is 39.9 Å². The maximum absolute atomic E-state index is 9.24. The van der Waals surface area contributed by atoms with E-state index in [2.05, 4.69) is 26.0 Å². The molecule has 0 aromatic heterocycles. The molecule has 3 saturated carbocycles. The number of rotatable bonds is 2. The van der Waals surface area contributed by atoms with E-state index in [0.717, 1.165) is 43.6 Å². The van der Waals surface area contributed by atoms with Gasteiger partial charge in [0.15, 0.2) is 6.29 Å². The molecule has 0 N–H and O–H groups in total. The standard InChI is InChI=1S/C26H37NO2/c1-25-14-11-23-21(22(25)9-7-18(25)12-15-27)8-6-19-17-20(10-13-26(19,23)2)29-24-5-3-4-16-28-24/h6,12,20-24H,3-5,7-11,13-14,16-17H2,1-2H3/b18-12+/t20-,21+,22+,23+,24-,25-,26+/m1/s1. The van der Waals surface area contributed by atoms with Crippen LogP contribution in [0.2, 0.25) is 0 Å². The second-order valence-electron chi connectivity index (χ2n) is 10.8. The van der Waals surface area contributed by atoms with Crippen molar-refractivity contribution in [1.29, 1.82) is 5.26 Å². The van der Waals surface area contributed by atoms with E-state index >= 15 is 0 Å². The number of nitriles is 1. The maximum Gasteiger partial charge on any atom is 0.157 e. The number of hydrogen-bond donors (Lipinski definition) is 0. The molecule has 0 aromatic rings. The Morgan fingerprint density at radius 2 is 1.93 bits per heavy atom. The summed E-state index contributed by atoms with van der Waals surface area (Å²) in [6.07, 6.45) is 18.2. The second kappa shape index (κ2) is 7.54. The van der Waals surface area contributed by atoms with Gasteiger partial charge in [-0.1, -0.05) is 31.1 Å². The van der Waals surface area contributed by atoms with Gasteiger partial charge in [-0.2, -0.15) is 5.26 Å². The molecule has 1 heterocycles. The van der Waals surface area contributed by atoms with E-state index in [1.165, 1.54) is 56.9 Å². The molecular weight excluding hydrogens is 358 g/mol. The third kappa shape index (κ3) is 3.22. The third-order valence-corrected chi connectivity index (χ3v) is 9.63. The van der Waals surface area contributed by atoms with Gasteiger partial charge in [-0.3, -0.25) is 0 Å². The molecular formula is C26H37NO2. The number of ether oxygens (including phenoxy) is 2. The number of allylic oxidation sites excluding steroid dienone is 3. The summed E-state index contributed by atoms with van der Waals surface area (Å²) in [4.78, 5) is 0. The summed E-state index contributed by atoms with van der Waals surface area (Å²) in [7, 11) is 0. The minimum absolute atomic E-state index is 0.0364. The average Bonchev–Trinajstić information content (AvgIpc) is 3.06. The molecule has 4 fully saturated rings. The minimum atomic E-state index is 0.0364. The summed E-state index contributed by atoms with van der Waals surface area (Å²) >= 11 is 0. The van der Waals surface area contributed by atoms with Crippen LogP contribution in [0.5, 0.6) is 0 Å². The van der Waals surface area contributed by atoms with Crippen LogP contribution in [-0.2, 0) is 9.47 Å². The Morgan fingerprint density at radius 1 is 1.10 bits per heavy atom. The van der Waals surface area contributed by atoms with E-state index in [1.807, 2.05) is 6.08 Å². The van der Waals surface area contributed by atoms with E-state index in [1.54, 1.807) is 5.57 Å². The number of hydrogen-bond acceptors (Lipinski definition) is 3. The van der Waals surface area contributed by atoms with Crippen molar-refractivity contribution < 1.29 is 9.47 Å². The van der Waals surface area contributed by atoms with Crippen LogP contribution in [0.25, 0.3) is 0 Å². The van der Waals surface area contributed by atoms with Gasteiger partial charge in [-0.25, -0.2) is 0 Å². The highest BCUT2D eigenvalue weighted by molar-refractivity contribution is 5.31. The minimum Gasteiger partial charge on any atom is -0.353 e. The molecule has 158 valence electrons. The predicted molar refractivity (Wildman–Crippen MR) is 114 cm³/mol. The summed E-state index contributed by atoms with van der Waals surface area (Å²) in [5.41, 5.74) is 3.75. The second-order valence-corrected chi connectivity index (χ2v) is 10.8. The first-order valence-electron chi connectivity index (χ1n) is 12.1. The fraction of sp³-hybridized carbons (Fsp3) is 0.808. The molecule has 0 radical (unpaired) electrons. The Morgan fingerprint density at radius 3 is 2.72 bits per heavy atom. The highest BCUT2D eigenvalue weighted by Gasteiger charge is 2.57. The molecule has 1 saturated heterocycles. The number of fused-ring (bicyclic) bond motifs is 5. The predicted octanol–water partition coefficient (Wildman–Crippen LogP) is 6.31. The van der Waals surface area contributed by atoms with Gasteiger partial charge < -0.3 is 9.47 Å². The average molecular weight is 396 g/mol. The molecule has 0 aromatic carbocycles. The SMILES string of the molecule is C[C@]12CC[C@@H](O[C@@H]3CCCCO3)CC1=CC[C@@H]1[C@@H]2CC[C@]2(C)/C(=C/C#N)CC[C@@H]12. The number of nitrogens with zero attached hydrogens (tertiary/aromatic N) is 1. The molecule has 7 atom stereocenters. The van der Waals surface area contributed by atoms with Gasteiger partial charge in [0.1, 0.15) is 0 Å². The van der Waals surface area contributed by atoms with E-state index in [9.17, 15) is 5.26 Å². The van der Waals surface area contributed by atoms with E-state index < -0.39 is 0 Å². The molecule has 1 aliphatic heterocycles. The lowest BCUT2D eigenvalue weighted by Gasteiger charge is -2.57. The molecule has 3 heteroatoms. The van der Waals surface area contributed by atoms with E-state index in [4.69, 9.17) is 9.47 Å². The van der Waals surface area contributed by atoms with Crippen molar-refractivity contribution in [2.75, 3.05) is 6.61 Å². The van der Waals surface area contributed by atoms with Crippen LogP contribution in [0.3, 0.4) is 0 Å². The van der Waals surface area contributed by atoms with Crippen molar-refractivity contribution in [2.45, 2.75) is 96.9 Å². The normalized spacial score (nSPS) is 48.2. The molecule has 0 bridgehead atoms. The van der Waals surface area contributed by atoms with Gasteiger partial charge in [-0.15, -0.1) is 0 Å². The van der Waals surface area contributed by atoms with Crippen molar-refractivity contribution in [2.24, 2.45) is 28.6 Å². The van der Waals surface area contributed by atoms with Gasteiger partial charge in [-0.05, 0) is 99.2 Å². The summed E-state index contributed by atoms with van der Waals surface area (Å²) in [6.45, 7) is 5.89. The summed E-state index contributed by atoms with van der Waals surface area (Å²) in [6, 6.07) is 2.33. The Hall–Kier alpha value is -1.11. The summed E-state index contributed by atoms with van der Waals surface area (Å²) < 4.78 is 12.2. The molecule has 4 aliphatic carbocycles.